The number of nitrogens with two attached hydrogens (primary N) is 1. The van der Waals surface area contributed by atoms with Crippen LogP contribution in [0.25, 0.3) is 11.3 Å². The van der Waals surface area contributed by atoms with E-state index in [0.29, 0.717) is 5.13 Å². The van der Waals surface area contributed by atoms with Crippen LogP contribution in [-0.2, 0) is 0 Å². The van der Waals surface area contributed by atoms with Gasteiger partial charge in [-0.1, -0.05) is 23.7 Å². The fraction of sp³-hybridized carbons (Fsp3) is 0.100. The number of benzene rings is 1. The number of rotatable bonds is 1. The summed E-state index contributed by atoms with van der Waals surface area (Å²) in [6, 6.07) is 7.60. The molecule has 5 heteroatoms. The minimum Gasteiger partial charge on any atom is -1.00 e. The van der Waals surface area contributed by atoms with E-state index in [0.717, 1.165) is 21.2 Å². The first-order valence-corrected chi connectivity index (χ1v) is 5.35. The number of anilines is 1. The Morgan fingerprint density at radius 1 is 1.27 bits per heavy atom. The summed E-state index contributed by atoms with van der Waals surface area (Å²) in [5.41, 5.74) is 7.63. The summed E-state index contributed by atoms with van der Waals surface area (Å²) >= 11 is 7.30. The zero-order valence-electron chi connectivity index (χ0n) is 8.00. The smallest absolute Gasteiger partial charge is 0.180 e. The van der Waals surface area contributed by atoms with E-state index >= 15 is 0 Å². The molecule has 1 aromatic heterocycles. The first-order valence-electron chi connectivity index (χ1n) is 4.15. The zero-order valence-corrected chi connectivity index (χ0v) is 11.2. The summed E-state index contributed by atoms with van der Waals surface area (Å²) in [6.07, 6.45) is 0. The molecule has 0 aliphatic heterocycles. The molecule has 2 N–H and O–H groups in total. The molecule has 0 amide bonds. The Hall–Kier alpha value is -0.580. The lowest BCUT2D eigenvalue weighted by Gasteiger charge is -1.97. The Balaban J connectivity index is 0.00000112. The predicted octanol–water partition coefficient (Wildman–Crippen LogP) is 0.358. The minimum atomic E-state index is 0. The topological polar surface area (TPSA) is 38.9 Å². The average molecular weight is 305 g/mol. The van der Waals surface area contributed by atoms with E-state index < -0.39 is 0 Å². The Kier molecular flexibility index (Phi) is 4.13. The molecule has 0 aliphatic rings. The highest BCUT2D eigenvalue weighted by molar-refractivity contribution is 7.15. The summed E-state index contributed by atoms with van der Waals surface area (Å²) in [5, 5.41) is 1.34. The van der Waals surface area contributed by atoms with E-state index in [4.69, 9.17) is 17.3 Å². The lowest BCUT2D eigenvalue weighted by atomic mass is 10.1. The van der Waals surface area contributed by atoms with Gasteiger partial charge in [-0.05, 0) is 19.1 Å². The highest BCUT2D eigenvalue weighted by Crippen LogP contribution is 2.29. The molecule has 0 fully saturated rings. The molecule has 80 valence electrons. The molecule has 2 nitrogen and oxygen atoms in total. The molecule has 0 aliphatic carbocycles. The van der Waals surface area contributed by atoms with Crippen molar-refractivity contribution in [2.24, 2.45) is 0 Å². The third-order valence-electron chi connectivity index (χ3n) is 1.93. The Morgan fingerprint density at radius 2 is 1.87 bits per heavy atom. The Morgan fingerprint density at radius 3 is 2.33 bits per heavy atom. The van der Waals surface area contributed by atoms with Gasteiger partial charge in [-0.25, -0.2) is 4.98 Å². The summed E-state index contributed by atoms with van der Waals surface area (Å²) in [7, 11) is 0. The van der Waals surface area contributed by atoms with E-state index in [1.807, 2.05) is 31.2 Å². The van der Waals surface area contributed by atoms with Crippen LogP contribution in [0.2, 0.25) is 5.02 Å². The molecule has 0 saturated carbocycles. The van der Waals surface area contributed by atoms with Gasteiger partial charge in [0.1, 0.15) is 0 Å². The largest absolute Gasteiger partial charge is 1.00 e. The first kappa shape index (κ1) is 12.5. The summed E-state index contributed by atoms with van der Waals surface area (Å²) in [6.45, 7) is 2.01. The van der Waals surface area contributed by atoms with E-state index in [2.05, 4.69) is 4.98 Å². The van der Waals surface area contributed by atoms with Gasteiger partial charge in [-0.3, -0.25) is 0 Å². The predicted molar refractivity (Wildman–Crippen MR) is 61.7 cm³/mol. The van der Waals surface area contributed by atoms with Gasteiger partial charge < -0.3 is 22.7 Å². The van der Waals surface area contributed by atoms with Crippen molar-refractivity contribution in [2.45, 2.75) is 6.92 Å². The monoisotopic (exact) mass is 303 g/mol. The van der Waals surface area contributed by atoms with E-state index in [-0.39, 0.29) is 17.0 Å². The molecule has 1 aromatic carbocycles. The fourth-order valence-electron chi connectivity index (χ4n) is 1.29. The molecule has 1 heterocycles. The lowest BCUT2D eigenvalue weighted by molar-refractivity contribution is -0.00000277. The van der Waals surface area contributed by atoms with Crippen molar-refractivity contribution in [2.75, 3.05) is 5.73 Å². The second-order valence-electron chi connectivity index (χ2n) is 2.96. The van der Waals surface area contributed by atoms with Crippen LogP contribution in [0, 0.1) is 6.92 Å². The third kappa shape index (κ3) is 2.71. The maximum absolute atomic E-state index is 5.80. The minimum absolute atomic E-state index is 0. The molecular formula is C10H9BrClN2S-. The number of nitrogen functional groups attached to an aromatic ring is 1. The molecule has 2 rings (SSSR count). The van der Waals surface area contributed by atoms with Crippen molar-refractivity contribution in [1.82, 2.24) is 4.98 Å². The van der Waals surface area contributed by atoms with Gasteiger partial charge in [0.25, 0.3) is 0 Å². The van der Waals surface area contributed by atoms with E-state index in [9.17, 15) is 0 Å². The highest BCUT2D eigenvalue weighted by atomic mass is 79.9. The molecule has 0 radical (unpaired) electrons. The van der Waals surface area contributed by atoms with Crippen LogP contribution >= 0.6 is 22.9 Å². The maximum atomic E-state index is 5.80. The summed E-state index contributed by atoms with van der Waals surface area (Å²) in [5.74, 6) is 0. The van der Waals surface area contributed by atoms with Gasteiger partial charge in [0.2, 0.25) is 0 Å². The highest BCUT2D eigenvalue weighted by Gasteiger charge is 2.07. The molecule has 0 saturated heterocycles. The maximum Gasteiger partial charge on any atom is 0.180 e. The average Bonchev–Trinajstić information content (AvgIpc) is 2.47. The van der Waals surface area contributed by atoms with Gasteiger partial charge in [-0.15, -0.1) is 11.3 Å². The lowest BCUT2D eigenvalue weighted by Crippen LogP contribution is -3.00. The van der Waals surface area contributed by atoms with E-state index in [1.54, 1.807) is 0 Å². The van der Waals surface area contributed by atoms with Crippen molar-refractivity contribution in [1.29, 1.82) is 0 Å². The molecule has 0 spiro atoms. The molecular weight excluding hydrogens is 296 g/mol. The third-order valence-corrected chi connectivity index (χ3v) is 2.98. The number of hydrogen-bond acceptors (Lipinski definition) is 3. The molecule has 0 bridgehead atoms. The van der Waals surface area contributed by atoms with Crippen molar-refractivity contribution < 1.29 is 17.0 Å². The van der Waals surface area contributed by atoms with Crippen LogP contribution in [0.5, 0.6) is 0 Å². The standard InChI is InChI=1S/C10H9ClN2S.BrH/c1-6-9(13-10(12)14-6)7-2-4-8(11)5-3-7;/h2-5H,1H3,(H2,12,13);1H/p-1. The molecule has 15 heavy (non-hydrogen) atoms. The van der Waals surface area contributed by atoms with Crippen LogP contribution in [0.4, 0.5) is 5.13 Å². The normalized spacial score (nSPS) is 9.73. The van der Waals surface area contributed by atoms with Gasteiger partial charge >= 0.3 is 0 Å². The number of halogens is 2. The van der Waals surface area contributed by atoms with Crippen molar-refractivity contribution in [3.05, 3.63) is 34.2 Å². The van der Waals surface area contributed by atoms with Crippen molar-refractivity contribution >= 4 is 28.1 Å². The Bertz CT molecular complexity index is 453. The number of thiazole rings is 1. The summed E-state index contributed by atoms with van der Waals surface area (Å²) < 4.78 is 0. The van der Waals surface area contributed by atoms with E-state index in [1.165, 1.54) is 11.3 Å². The first-order chi connectivity index (χ1) is 6.66. The zero-order chi connectivity index (χ0) is 10.1. The number of nitrogens with zero attached hydrogens (tertiary/aromatic N) is 1. The second-order valence-corrected chi connectivity index (χ2v) is 4.63. The second kappa shape index (κ2) is 4.96. The number of hydrogen-bond donors (Lipinski definition) is 1. The fourth-order valence-corrected chi connectivity index (χ4v) is 2.13. The van der Waals surface area contributed by atoms with Gasteiger partial charge in [0, 0.05) is 15.5 Å². The van der Waals surface area contributed by atoms with Crippen molar-refractivity contribution in [3.63, 3.8) is 0 Å². The molecule has 2 aromatic rings. The molecule has 0 atom stereocenters. The van der Waals surface area contributed by atoms with Crippen LogP contribution in [-0.4, -0.2) is 4.98 Å². The van der Waals surface area contributed by atoms with Crippen LogP contribution in [0.15, 0.2) is 24.3 Å². The van der Waals surface area contributed by atoms with Crippen LogP contribution < -0.4 is 22.7 Å². The van der Waals surface area contributed by atoms with Crippen LogP contribution in [0.1, 0.15) is 4.88 Å². The number of aryl methyl sites for hydroxylation is 1. The van der Waals surface area contributed by atoms with Gasteiger partial charge in [0.05, 0.1) is 5.69 Å². The van der Waals surface area contributed by atoms with Gasteiger partial charge in [-0.2, -0.15) is 0 Å². The summed E-state index contributed by atoms with van der Waals surface area (Å²) in [4.78, 5) is 5.39. The van der Waals surface area contributed by atoms with Crippen LogP contribution in [0.3, 0.4) is 0 Å². The number of aromatic nitrogens is 1. The Labute approximate surface area is 108 Å². The van der Waals surface area contributed by atoms with Crippen molar-refractivity contribution in [3.8, 4) is 11.3 Å². The quantitative estimate of drug-likeness (QED) is 0.826. The SMILES string of the molecule is Cc1sc(N)nc1-c1ccc(Cl)cc1.[Br-]. The molecule has 0 unspecified atom stereocenters. The van der Waals surface area contributed by atoms with Gasteiger partial charge in [0.15, 0.2) is 5.13 Å².